The van der Waals surface area contributed by atoms with Gasteiger partial charge in [0.05, 0.1) is 23.2 Å². The average molecular weight is 444 g/mol. The zero-order chi connectivity index (χ0) is 22.5. The van der Waals surface area contributed by atoms with Gasteiger partial charge >= 0.3 is 0 Å². The summed E-state index contributed by atoms with van der Waals surface area (Å²) < 4.78 is 1.67. The second kappa shape index (κ2) is 9.83. The third-order valence-electron chi connectivity index (χ3n) is 5.17. The van der Waals surface area contributed by atoms with Crippen molar-refractivity contribution in [2.45, 2.75) is 31.6 Å². The van der Waals surface area contributed by atoms with E-state index >= 15 is 0 Å². The van der Waals surface area contributed by atoms with Crippen LogP contribution in [0.2, 0.25) is 0 Å². The van der Waals surface area contributed by atoms with Crippen molar-refractivity contribution in [3.8, 4) is 0 Å². The van der Waals surface area contributed by atoms with Crippen molar-refractivity contribution >= 4 is 34.3 Å². The fraction of sp³-hybridized carbons (Fsp3) is 0.192. The van der Waals surface area contributed by atoms with E-state index < -0.39 is 0 Å². The molecular weight excluding hydrogens is 418 g/mol. The topological polar surface area (TPSA) is 55.2 Å². The summed E-state index contributed by atoms with van der Waals surface area (Å²) in [5, 5.41) is 1.15. The van der Waals surface area contributed by atoms with Gasteiger partial charge in [0.1, 0.15) is 0 Å². The van der Waals surface area contributed by atoms with E-state index in [0.717, 1.165) is 11.3 Å². The van der Waals surface area contributed by atoms with E-state index in [0.29, 0.717) is 22.6 Å². The third kappa shape index (κ3) is 4.75. The van der Waals surface area contributed by atoms with Crippen LogP contribution in [0, 0.1) is 0 Å². The lowest BCUT2D eigenvalue weighted by Gasteiger charge is -2.23. The second-order valence-corrected chi connectivity index (χ2v) is 8.71. The molecule has 0 aliphatic heterocycles. The van der Waals surface area contributed by atoms with Gasteiger partial charge in [-0.3, -0.25) is 14.2 Å². The Morgan fingerprint density at radius 3 is 2.25 bits per heavy atom. The number of anilines is 1. The first-order valence-corrected chi connectivity index (χ1v) is 11.6. The summed E-state index contributed by atoms with van der Waals surface area (Å²) in [4.78, 5) is 32.9. The molecule has 4 aromatic rings. The highest BCUT2D eigenvalue weighted by Gasteiger charge is 2.19. The molecule has 0 spiro atoms. The molecular formula is C26H25N3O2S. The molecule has 1 aromatic heterocycles. The van der Waals surface area contributed by atoms with Crippen LogP contribution in [-0.2, 0) is 11.3 Å². The molecule has 3 aromatic carbocycles. The van der Waals surface area contributed by atoms with Gasteiger partial charge in [0, 0.05) is 11.7 Å². The number of amides is 1. The highest BCUT2D eigenvalue weighted by atomic mass is 32.2. The number of hydrogen-bond acceptors (Lipinski definition) is 4. The van der Waals surface area contributed by atoms with Crippen LogP contribution in [0.4, 0.5) is 5.69 Å². The van der Waals surface area contributed by atoms with Crippen molar-refractivity contribution in [2.24, 2.45) is 0 Å². The number of para-hydroxylation sites is 2. The zero-order valence-corrected chi connectivity index (χ0v) is 19.0. The quantitative estimate of drug-likeness (QED) is 0.287. The summed E-state index contributed by atoms with van der Waals surface area (Å²) >= 11 is 1.31. The van der Waals surface area contributed by atoms with E-state index in [1.54, 1.807) is 15.5 Å². The van der Waals surface area contributed by atoms with Gasteiger partial charge in [-0.2, -0.15) is 0 Å². The Bertz CT molecular complexity index is 1270. The van der Waals surface area contributed by atoms with Crippen LogP contribution in [-0.4, -0.2) is 21.2 Å². The first-order valence-electron chi connectivity index (χ1n) is 10.6. The predicted molar refractivity (Wildman–Crippen MR) is 131 cm³/mol. The minimum Gasteiger partial charge on any atom is -0.307 e. The summed E-state index contributed by atoms with van der Waals surface area (Å²) in [5.41, 5.74) is 2.46. The molecule has 32 heavy (non-hydrogen) atoms. The van der Waals surface area contributed by atoms with E-state index in [4.69, 9.17) is 4.98 Å². The molecule has 1 heterocycles. The predicted octanol–water partition coefficient (Wildman–Crippen LogP) is 5.30. The maximum atomic E-state index is 13.3. The molecule has 0 bridgehead atoms. The van der Waals surface area contributed by atoms with Crippen LogP contribution >= 0.6 is 11.8 Å². The third-order valence-corrected chi connectivity index (χ3v) is 6.11. The minimum absolute atomic E-state index is 0.0391. The molecule has 0 saturated carbocycles. The molecule has 0 atom stereocenters. The Labute approximate surface area is 191 Å². The Hall–Kier alpha value is -3.38. The number of nitrogens with zero attached hydrogens (tertiary/aromatic N) is 3. The largest absolute Gasteiger partial charge is 0.307 e. The lowest BCUT2D eigenvalue weighted by molar-refractivity contribution is -0.116. The van der Waals surface area contributed by atoms with E-state index in [-0.39, 0.29) is 23.3 Å². The molecule has 4 rings (SSSR count). The van der Waals surface area contributed by atoms with Crippen molar-refractivity contribution in [2.75, 3.05) is 10.7 Å². The highest BCUT2D eigenvalue weighted by molar-refractivity contribution is 7.99. The minimum atomic E-state index is -0.0789. The zero-order valence-electron chi connectivity index (χ0n) is 18.1. The van der Waals surface area contributed by atoms with Gasteiger partial charge in [-0.25, -0.2) is 4.98 Å². The van der Waals surface area contributed by atoms with E-state index in [1.165, 1.54) is 11.8 Å². The van der Waals surface area contributed by atoms with Crippen molar-refractivity contribution < 1.29 is 4.79 Å². The monoisotopic (exact) mass is 443 g/mol. The van der Waals surface area contributed by atoms with Crippen molar-refractivity contribution in [1.82, 2.24) is 9.55 Å². The standard InChI is InChI=1S/C26H25N3O2S/c1-19(2)29-25(31)22-15-9-10-16-23(22)27-26(29)32-18-24(30)28(21-13-7-4-8-14-21)17-20-11-5-3-6-12-20/h3-16,19H,17-18H2,1-2H3. The number of carbonyl (C=O) groups excluding carboxylic acids is 1. The van der Waals surface area contributed by atoms with Crippen LogP contribution in [0.5, 0.6) is 0 Å². The number of rotatable bonds is 7. The molecule has 5 nitrogen and oxygen atoms in total. The Morgan fingerprint density at radius 2 is 1.56 bits per heavy atom. The lowest BCUT2D eigenvalue weighted by atomic mass is 10.2. The lowest BCUT2D eigenvalue weighted by Crippen LogP contribution is -2.32. The fourth-order valence-electron chi connectivity index (χ4n) is 3.58. The Balaban J connectivity index is 1.63. The van der Waals surface area contributed by atoms with Crippen LogP contribution in [0.1, 0.15) is 25.5 Å². The van der Waals surface area contributed by atoms with E-state index in [1.807, 2.05) is 92.7 Å². The Morgan fingerprint density at radius 1 is 0.938 bits per heavy atom. The summed E-state index contributed by atoms with van der Waals surface area (Å²) in [6, 6.07) is 26.8. The van der Waals surface area contributed by atoms with Gasteiger partial charge in [-0.05, 0) is 43.7 Å². The van der Waals surface area contributed by atoms with Gasteiger partial charge < -0.3 is 4.90 Å². The first-order chi connectivity index (χ1) is 15.5. The first kappa shape index (κ1) is 21.8. The molecule has 0 fully saturated rings. The number of benzene rings is 3. The molecule has 0 saturated heterocycles. The molecule has 0 unspecified atom stereocenters. The Kier molecular flexibility index (Phi) is 6.71. The van der Waals surface area contributed by atoms with Crippen molar-refractivity contribution in [1.29, 1.82) is 0 Å². The number of fused-ring (bicyclic) bond motifs is 1. The second-order valence-electron chi connectivity index (χ2n) is 7.77. The summed E-state index contributed by atoms with van der Waals surface area (Å²) in [7, 11) is 0. The van der Waals surface area contributed by atoms with Crippen LogP contribution in [0.25, 0.3) is 10.9 Å². The van der Waals surface area contributed by atoms with Crippen LogP contribution < -0.4 is 10.5 Å². The molecule has 162 valence electrons. The number of thioether (sulfide) groups is 1. The molecule has 6 heteroatoms. The fourth-order valence-corrected chi connectivity index (χ4v) is 4.59. The van der Waals surface area contributed by atoms with Crippen LogP contribution in [0.15, 0.2) is 94.9 Å². The van der Waals surface area contributed by atoms with Crippen LogP contribution in [0.3, 0.4) is 0 Å². The van der Waals surface area contributed by atoms with Crippen molar-refractivity contribution in [3.05, 3.63) is 101 Å². The normalized spacial score (nSPS) is 11.1. The summed E-state index contributed by atoms with van der Waals surface area (Å²) in [6.45, 7) is 4.39. The van der Waals surface area contributed by atoms with Gasteiger partial charge in [0.25, 0.3) is 5.56 Å². The number of aromatic nitrogens is 2. The average Bonchev–Trinajstić information content (AvgIpc) is 2.82. The SMILES string of the molecule is CC(C)n1c(SCC(=O)N(Cc2ccccc2)c2ccccc2)nc2ccccc2c1=O. The van der Waals surface area contributed by atoms with Gasteiger partial charge in [-0.1, -0.05) is 72.4 Å². The van der Waals surface area contributed by atoms with Gasteiger partial charge in [-0.15, -0.1) is 0 Å². The number of hydrogen-bond donors (Lipinski definition) is 0. The molecule has 0 aliphatic rings. The maximum Gasteiger partial charge on any atom is 0.262 e. The maximum absolute atomic E-state index is 13.3. The summed E-state index contributed by atoms with van der Waals surface area (Å²) in [6.07, 6.45) is 0. The molecule has 1 amide bonds. The number of carbonyl (C=O) groups is 1. The smallest absolute Gasteiger partial charge is 0.262 e. The molecule has 0 N–H and O–H groups in total. The van der Waals surface area contributed by atoms with E-state index in [9.17, 15) is 9.59 Å². The van der Waals surface area contributed by atoms with E-state index in [2.05, 4.69) is 0 Å². The summed E-state index contributed by atoms with van der Waals surface area (Å²) in [5.74, 6) is 0.141. The van der Waals surface area contributed by atoms with Gasteiger partial charge in [0.2, 0.25) is 5.91 Å². The van der Waals surface area contributed by atoms with Gasteiger partial charge in [0.15, 0.2) is 5.16 Å². The highest BCUT2D eigenvalue weighted by Crippen LogP contribution is 2.24. The molecule has 0 radical (unpaired) electrons. The molecule has 0 aliphatic carbocycles. The van der Waals surface area contributed by atoms with Crippen molar-refractivity contribution in [3.63, 3.8) is 0 Å².